The number of aliphatic carboxylic acids is 1. The third kappa shape index (κ3) is 4.77. The molecule has 1 aliphatic rings. The Bertz CT molecular complexity index is 311. The van der Waals surface area contributed by atoms with E-state index in [1.165, 1.54) is 0 Å². The van der Waals surface area contributed by atoms with E-state index in [9.17, 15) is 9.59 Å². The molecule has 2 unspecified atom stereocenters. The van der Waals surface area contributed by atoms with Gasteiger partial charge < -0.3 is 20.5 Å². The highest BCUT2D eigenvalue weighted by atomic mass is 16.5. The Kier molecular flexibility index (Phi) is 6.75. The molecular weight excluding hydrogens is 250 g/mol. The minimum atomic E-state index is -0.897. The minimum absolute atomic E-state index is 0.135. The van der Waals surface area contributed by atoms with E-state index in [2.05, 4.69) is 10.6 Å². The molecule has 1 rings (SSSR count). The molecule has 1 aliphatic heterocycles. The molecule has 1 saturated heterocycles. The van der Waals surface area contributed by atoms with Crippen molar-refractivity contribution in [3.8, 4) is 0 Å². The van der Waals surface area contributed by atoms with Gasteiger partial charge in [0.1, 0.15) is 6.04 Å². The third-order valence-electron chi connectivity index (χ3n) is 3.27. The van der Waals surface area contributed by atoms with E-state index in [0.717, 1.165) is 6.42 Å². The number of carbonyl (C=O) groups excluding carboxylic acids is 1. The fourth-order valence-electron chi connectivity index (χ4n) is 2.14. The summed E-state index contributed by atoms with van der Waals surface area (Å²) < 4.78 is 4.90. The van der Waals surface area contributed by atoms with Crippen molar-refractivity contribution >= 4 is 11.9 Å². The zero-order valence-electron chi connectivity index (χ0n) is 11.5. The molecule has 0 saturated carbocycles. The van der Waals surface area contributed by atoms with Gasteiger partial charge >= 0.3 is 5.97 Å². The summed E-state index contributed by atoms with van der Waals surface area (Å²) in [6, 6.07) is -1.08. The summed E-state index contributed by atoms with van der Waals surface area (Å²) in [6.45, 7) is 4.51. The van der Waals surface area contributed by atoms with Crippen molar-refractivity contribution in [2.24, 2.45) is 0 Å². The molecule has 7 nitrogen and oxygen atoms in total. The molecule has 3 N–H and O–H groups in total. The molecular formula is C12H23N3O4. The molecule has 110 valence electrons. The summed E-state index contributed by atoms with van der Waals surface area (Å²) in [5.74, 6) is -1.03. The van der Waals surface area contributed by atoms with Gasteiger partial charge in [-0.25, -0.2) is 0 Å². The predicted octanol–water partition coefficient (Wildman–Crippen LogP) is -1.11. The number of nitrogens with one attached hydrogen (secondary N) is 2. The normalized spacial score (nSPS) is 21.9. The van der Waals surface area contributed by atoms with Crippen LogP contribution in [-0.4, -0.2) is 73.9 Å². The summed E-state index contributed by atoms with van der Waals surface area (Å²) in [6.07, 6.45) is 0.749. The van der Waals surface area contributed by atoms with Crippen LogP contribution >= 0.6 is 0 Å². The van der Waals surface area contributed by atoms with E-state index in [-0.39, 0.29) is 5.91 Å². The maximum absolute atomic E-state index is 12.0. The molecule has 0 aromatic carbocycles. The van der Waals surface area contributed by atoms with Gasteiger partial charge in [0.05, 0.1) is 6.04 Å². The van der Waals surface area contributed by atoms with Gasteiger partial charge in [-0.2, -0.15) is 0 Å². The lowest BCUT2D eigenvalue weighted by atomic mass is 10.1. The Balaban J connectivity index is 2.46. The number of amides is 1. The second-order valence-electron chi connectivity index (χ2n) is 4.61. The molecule has 2 atom stereocenters. The predicted molar refractivity (Wildman–Crippen MR) is 70.0 cm³/mol. The number of rotatable bonds is 7. The Morgan fingerprint density at radius 1 is 1.58 bits per heavy atom. The van der Waals surface area contributed by atoms with Crippen molar-refractivity contribution in [2.45, 2.75) is 25.4 Å². The zero-order chi connectivity index (χ0) is 14.3. The molecule has 1 fully saturated rings. The first-order valence-corrected chi connectivity index (χ1v) is 6.54. The highest BCUT2D eigenvalue weighted by Crippen LogP contribution is 2.09. The molecule has 1 heterocycles. The molecule has 0 aromatic rings. The van der Waals surface area contributed by atoms with Gasteiger partial charge in [-0.1, -0.05) is 0 Å². The van der Waals surface area contributed by atoms with Crippen LogP contribution in [0.15, 0.2) is 0 Å². The van der Waals surface area contributed by atoms with Crippen molar-refractivity contribution in [3.63, 3.8) is 0 Å². The average Bonchev–Trinajstić information content (AvgIpc) is 2.42. The van der Waals surface area contributed by atoms with Crippen LogP contribution in [0.2, 0.25) is 0 Å². The number of hydrogen-bond acceptors (Lipinski definition) is 5. The Morgan fingerprint density at radius 2 is 2.32 bits per heavy atom. The van der Waals surface area contributed by atoms with Gasteiger partial charge in [0.2, 0.25) is 5.91 Å². The highest BCUT2D eigenvalue weighted by molar-refractivity contribution is 5.82. The summed E-state index contributed by atoms with van der Waals surface area (Å²) in [5, 5.41) is 15.0. The van der Waals surface area contributed by atoms with Gasteiger partial charge in [0.25, 0.3) is 0 Å². The maximum atomic E-state index is 12.0. The maximum Gasteiger partial charge on any atom is 0.322 e. The Labute approximate surface area is 113 Å². The van der Waals surface area contributed by atoms with E-state index in [1.54, 1.807) is 18.9 Å². The smallest absolute Gasteiger partial charge is 0.322 e. The van der Waals surface area contributed by atoms with E-state index >= 15 is 0 Å². The molecule has 1 amide bonds. The lowest BCUT2D eigenvalue weighted by molar-refractivity contribution is -0.146. The van der Waals surface area contributed by atoms with Crippen LogP contribution in [0.1, 0.15) is 13.3 Å². The SMILES string of the molecule is COCCCNC(=O)C(C)N1CCNCC1C(=O)O. The molecule has 0 spiro atoms. The number of piperazine rings is 1. The van der Waals surface area contributed by atoms with Crippen LogP contribution in [0.25, 0.3) is 0 Å². The van der Waals surface area contributed by atoms with Crippen LogP contribution in [0.3, 0.4) is 0 Å². The van der Waals surface area contributed by atoms with Crippen molar-refractivity contribution in [1.82, 2.24) is 15.5 Å². The fourth-order valence-corrected chi connectivity index (χ4v) is 2.14. The number of ether oxygens (including phenoxy) is 1. The van der Waals surface area contributed by atoms with Gasteiger partial charge in [-0.05, 0) is 13.3 Å². The van der Waals surface area contributed by atoms with Crippen LogP contribution in [0.5, 0.6) is 0 Å². The van der Waals surface area contributed by atoms with E-state index in [1.807, 2.05) is 0 Å². The number of hydrogen-bond donors (Lipinski definition) is 3. The van der Waals surface area contributed by atoms with Crippen LogP contribution in [-0.2, 0) is 14.3 Å². The summed E-state index contributed by atoms with van der Waals surface area (Å²) in [5.41, 5.74) is 0. The van der Waals surface area contributed by atoms with Crippen molar-refractivity contribution in [1.29, 1.82) is 0 Å². The second-order valence-corrected chi connectivity index (χ2v) is 4.61. The van der Waals surface area contributed by atoms with Crippen molar-refractivity contribution < 1.29 is 19.4 Å². The number of carboxylic acids is 1. The molecule has 7 heteroatoms. The van der Waals surface area contributed by atoms with Gasteiger partial charge in [0, 0.05) is 39.9 Å². The number of carboxylic acid groups (broad SMARTS) is 1. The quantitative estimate of drug-likeness (QED) is 0.509. The topological polar surface area (TPSA) is 90.9 Å². The third-order valence-corrected chi connectivity index (χ3v) is 3.27. The standard InChI is InChI=1S/C12H23N3O4/c1-9(11(16)14-4-3-7-19-2)15-6-5-13-8-10(15)12(17)18/h9-10,13H,3-8H2,1-2H3,(H,14,16)(H,17,18). The summed E-state index contributed by atoms with van der Waals surface area (Å²) in [4.78, 5) is 24.9. The largest absolute Gasteiger partial charge is 0.480 e. The Hall–Kier alpha value is -1.18. The van der Waals surface area contributed by atoms with Crippen molar-refractivity contribution in [2.75, 3.05) is 39.9 Å². The molecule has 0 aromatic heterocycles. The highest BCUT2D eigenvalue weighted by Gasteiger charge is 2.34. The van der Waals surface area contributed by atoms with Crippen LogP contribution in [0, 0.1) is 0 Å². The first kappa shape index (κ1) is 15.9. The van der Waals surface area contributed by atoms with Gasteiger partial charge in [-0.15, -0.1) is 0 Å². The molecule has 0 aliphatic carbocycles. The molecule has 0 radical (unpaired) electrons. The fraction of sp³-hybridized carbons (Fsp3) is 0.833. The first-order valence-electron chi connectivity index (χ1n) is 6.54. The number of carbonyl (C=O) groups is 2. The lowest BCUT2D eigenvalue weighted by Gasteiger charge is -2.37. The summed E-state index contributed by atoms with van der Waals surface area (Å²) >= 11 is 0. The lowest BCUT2D eigenvalue weighted by Crippen LogP contribution is -2.60. The Morgan fingerprint density at radius 3 is 2.95 bits per heavy atom. The molecule has 0 bridgehead atoms. The van der Waals surface area contributed by atoms with E-state index < -0.39 is 18.1 Å². The first-order chi connectivity index (χ1) is 9.07. The second kappa shape index (κ2) is 8.08. The number of methoxy groups -OCH3 is 1. The summed E-state index contributed by atoms with van der Waals surface area (Å²) in [7, 11) is 1.61. The van der Waals surface area contributed by atoms with Crippen molar-refractivity contribution in [3.05, 3.63) is 0 Å². The van der Waals surface area contributed by atoms with E-state index in [0.29, 0.717) is 32.8 Å². The van der Waals surface area contributed by atoms with Gasteiger partial charge in [-0.3, -0.25) is 14.5 Å². The van der Waals surface area contributed by atoms with Crippen LogP contribution < -0.4 is 10.6 Å². The van der Waals surface area contributed by atoms with Gasteiger partial charge in [0.15, 0.2) is 0 Å². The minimum Gasteiger partial charge on any atom is -0.480 e. The average molecular weight is 273 g/mol. The van der Waals surface area contributed by atoms with E-state index in [4.69, 9.17) is 9.84 Å². The van der Waals surface area contributed by atoms with Crippen LogP contribution in [0.4, 0.5) is 0 Å². The zero-order valence-corrected chi connectivity index (χ0v) is 11.5. The monoisotopic (exact) mass is 273 g/mol. The number of nitrogens with zero attached hydrogens (tertiary/aromatic N) is 1. The molecule has 19 heavy (non-hydrogen) atoms.